The van der Waals surface area contributed by atoms with Crippen LogP contribution in [0.1, 0.15) is 31.4 Å². The maximum atomic E-state index is 11.9. The van der Waals surface area contributed by atoms with Crippen molar-refractivity contribution >= 4 is 23.1 Å². The first kappa shape index (κ1) is 19.6. The van der Waals surface area contributed by atoms with Crippen LogP contribution in [0.5, 0.6) is 0 Å². The number of aromatic nitrogens is 2. The third-order valence-electron chi connectivity index (χ3n) is 4.62. The zero-order valence-corrected chi connectivity index (χ0v) is 17.1. The standard InChI is InChI=1S/C24H24N4O2/c1-17(2)12-23(29)26-25-14-20-16-28(15-18-8-4-3-5-9-18)27-24(20)22-13-19-10-6-7-11-21(19)30-22/h3-11,13-14,16-17H,12,15H2,1-2H3,(H,26,29)/b25-14-. The van der Waals surface area contributed by atoms with Crippen LogP contribution >= 0.6 is 0 Å². The van der Waals surface area contributed by atoms with Crippen LogP contribution in [0.15, 0.2) is 76.4 Å². The highest BCUT2D eigenvalue weighted by molar-refractivity contribution is 5.91. The zero-order chi connectivity index (χ0) is 20.9. The summed E-state index contributed by atoms with van der Waals surface area (Å²) in [4.78, 5) is 11.9. The van der Waals surface area contributed by atoms with Crippen molar-refractivity contribution in [3.05, 3.63) is 78.0 Å². The summed E-state index contributed by atoms with van der Waals surface area (Å²) in [7, 11) is 0. The molecular weight excluding hydrogens is 376 g/mol. The number of nitrogens with one attached hydrogen (secondary N) is 1. The number of nitrogens with zero attached hydrogens (tertiary/aromatic N) is 3. The van der Waals surface area contributed by atoms with E-state index in [1.807, 2.05) is 73.3 Å². The molecule has 0 fully saturated rings. The Morgan fingerprint density at radius 2 is 1.93 bits per heavy atom. The molecule has 4 aromatic rings. The van der Waals surface area contributed by atoms with E-state index >= 15 is 0 Å². The molecule has 0 saturated carbocycles. The quantitative estimate of drug-likeness (QED) is 0.356. The van der Waals surface area contributed by atoms with Crippen LogP contribution in [0.4, 0.5) is 0 Å². The van der Waals surface area contributed by atoms with Gasteiger partial charge in [-0.25, -0.2) is 5.43 Å². The van der Waals surface area contributed by atoms with Gasteiger partial charge in [0.2, 0.25) is 5.91 Å². The van der Waals surface area contributed by atoms with Crippen LogP contribution in [0.25, 0.3) is 22.4 Å². The molecule has 2 aromatic carbocycles. The Bertz CT molecular complexity index is 1140. The number of benzene rings is 2. The second kappa shape index (κ2) is 8.78. The predicted octanol–water partition coefficient (Wildman–Crippen LogP) is 4.84. The second-order valence-corrected chi connectivity index (χ2v) is 7.66. The molecular formula is C24H24N4O2. The number of amides is 1. The van der Waals surface area contributed by atoms with Gasteiger partial charge in [0, 0.05) is 23.6 Å². The van der Waals surface area contributed by atoms with Crippen molar-refractivity contribution in [3.8, 4) is 11.5 Å². The van der Waals surface area contributed by atoms with Gasteiger partial charge in [0.25, 0.3) is 0 Å². The van der Waals surface area contributed by atoms with Gasteiger partial charge in [-0.05, 0) is 23.6 Å². The van der Waals surface area contributed by atoms with E-state index in [1.54, 1.807) is 6.21 Å². The SMILES string of the molecule is CC(C)CC(=O)N/N=C\c1cn(Cc2ccccc2)nc1-c1cc2ccccc2o1. The minimum atomic E-state index is -0.108. The molecule has 30 heavy (non-hydrogen) atoms. The number of hydrogen-bond donors (Lipinski definition) is 1. The lowest BCUT2D eigenvalue weighted by atomic mass is 10.1. The minimum absolute atomic E-state index is 0.108. The summed E-state index contributed by atoms with van der Waals surface area (Å²) in [5.41, 5.74) is 5.99. The molecule has 0 spiro atoms. The van der Waals surface area contributed by atoms with E-state index in [2.05, 4.69) is 22.7 Å². The fraction of sp³-hybridized carbons (Fsp3) is 0.208. The highest BCUT2D eigenvalue weighted by Gasteiger charge is 2.15. The molecule has 0 saturated heterocycles. The number of carbonyl (C=O) groups is 1. The van der Waals surface area contributed by atoms with Gasteiger partial charge in [-0.1, -0.05) is 62.4 Å². The maximum Gasteiger partial charge on any atom is 0.240 e. The number of rotatable bonds is 7. The van der Waals surface area contributed by atoms with Gasteiger partial charge in [-0.3, -0.25) is 9.48 Å². The zero-order valence-electron chi connectivity index (χ0n) is 17.1. The first-order valence-electron chi connectivity index (χ1n) is 10.0. The molecule has 0 aliphatic rings. The van der Waals surface area contributed by atoms with Gasteiger partial charge in [-0.2, -0.15) is 10.2 Å². The Balaban J connectivity index is 1.64. The summed E-state index contributed by atoms with van der Waals surface area (Å²) in [6, 6.07) is 19.9. The highest BCUT2D eigenvalue weighted by Crippen LogP contribution is 2.28. The Morgan fingerprint density at radius 1 is 1.17 bits per heavy atom. The molecule has 1 N–H and O–H groups in total. The van der Waals surface area contributed by atoms with Gasteiger partial charge < -0.3 is 4.42 Å². The maximum absolute atomic E-state index is 11.9. The fourth-order valence-electron chi connectivity index (χ4n) is 3.26. The molecule has 6 heteroatoms. The summed E-state index contributed by atoms with van der Waals surface area (Å²) in [5, 5.41) is 9.88. The lowest BCUT2D eigenvalue weighted by Crippen LogP contribution is -2.19. The summed E-state index contributed by atoms with van der Waals surface area (Å²) in [6.45, 7) is 4.62. The molecule has 1 amide bonds. The topological polar surface area (TPSA) is 72.4 Å². The van der Waals surface area contributed by atoms with Crippen molar-refractivity contribution < 1.29 is 9.21 Å². The first-order chi connectivity index (χ1) is 14.6. The average Bonchev–Trinajstić information content (AvgIpc) is 3.32. The number of carbonyl (C=O) groups excluding carboxylic acids is 1. The number of hydrogen-bond acceptors (Lipinski definition) is 4. The van der Waals surface area contributed by atoms with Gasteiger partial charge in [0.15, 0.2) is 5.76 Å². The van der Waals surface area contributed by atoms with Crippen molar-refractivity contribution in [2.75, 3.05) is 0 Å². The Labute approximate surface area is 175 Å². The van der Waals surface area contributed by atoms with Crippen LogP contribution in [0.3, 0.4) is 0 Å². The highest BCUT2D eigenvalue weighted by atomic mass is 16.3. The Kier molecular flexibility index (Phi) is 5.75. The van der Waals surface area contributed by atoms with E-state index in [9.17, 15) is 4.79 Å². The number of para-hydroxylation sites is 1. The Hall–Kier alpha value is -3.67. The normalized spacial score (nSPS) is 11.6. The van der Waals surface area contributed by atoms with Gasteiger partial charge >= 0.3 is 0 Å². The third kappa shape index (κ3) is 4.66. The minimum Gasteiger partial charge on any atom is -0.454 e. The summed E-state index contributed by atoms with van der Waals surface area (Å²) >= 11 is 0. The van der Waals surface area contributed by atoms with Crippen LogP contribution in [0.2, 0.25) is 0 Å². The average molecular weight is 400 g/mol. The number of fused-ring (bicyclic) bond motifs is 1. The fourth-order valence-corrected chi connectivity index (χ4v) is 3.26. The molecule has 4 rings (SSSR count). The van der Waals surface area contributed by atoms with Crippen molar-refractivity contribution in [1.29, 1.82) is 0 Å². The molecule has 0 bridgehead atoms. The van der Waals surface area contributed by atoms with E-state index in [0.29, 0.717) is 24.4 Å². The largest absolute Gasteiger partial charge is 0.454 e. The van der Waals surface area contributed by atoms with Gasteiger partial charge in [0.1, 0.15) is 11.3 Å². The van der Waals surface area contributed by atoms with Gasteiger partial charge in [-0.15, -0.1) is 0 Å². The van der Waals surface area contributed by atoms with E-state index < -0.39 is 0 Å². The first-order valence-corrected chi connectivity index (χ1v) is 10.0. The molecule has 152 valence electrons. The molecule has 2 aromatic heterocycles. The van der Waals surface area contributed by atoms with E-state index in [1.165, 1.54) is 0 Å². The smallest absolute Gasteiger partial charge is 0.240 e. The van der Waals surface area contributed by atoms with E-state index in [0.717, 1.165) is 22.1 Å². The molecule has 0 aliphatic heterocycles. The third-order valence-corrected chi connectivity index (χ3v) is 4.62. The molecule has 0 radical (unpaired) electrons. The van der Waals surface area contributed by atoms with Crippen molar-refractivity contribution in [1.82, 2.24) is 15.2 Å². The molecule has 0 aliphatic carbocycles. The summed E-state index contributed by atoms with van der Waals surface area (Å²) in [5.74, 6) is 0.834. The summed E-state index contributed by atoms with van der Waals surface area (Å²) in [6.07, 6.45) is 3.96. The van der Waals surface area contributed by atoms with Crippen LogP contribution < -0.4 is 5.43 Å². The molecule has 6 nitrogen and oxygen atoms in total. The van der Waals surface area contributed by atoms with Crippen LogP contribution in [-0.4, -0.2) is 21.9 Å². The Morgan fingerprint density at radius 3 is 2.70 bits per heavy atom. The van der Waals surface area contributed by atoms with Crippen molar-refractivity contribution in [3.63, 3.8) is 0 Å². The molecule has 0 atom stereocenters. The molecule has 0 unspecified atom stereocenters. The van der Waals surface area contributed by atoms with Crippen LogP contribution in [0, 0.1) is 5.92 Å². The second-order valence-electron chi connectivity index (χ2n) is 7.66. The predicted molar refractivity (Wildman–Crippen MR) is 118 cm³/mol. The summed E-state index contributed by atoms with van der Waals surface area (Å²) < 4.78 is 7.87. The lowest BCUT2D eigenvalue weighted by Gasteiger charge is -2.01. The molecule has 2 heterocycles. The lowest BCUT2D eigenvalue weighted by molar-refractivity contribution is -0.121. The van der Waals surface area contributed by atoms with Crippen molar-refractivity contribution in [2.45, 2.75) is 26.8 Å². The van der Waals surface area contributed by atoms with Gasteiger partial charge in [0.05, 0.1) is 12.8 Å². The van der Waals surface area contributed by atoms with E-state index in [4.69, 9.17) is 9.52 Å². The number of furan rings is 1. The van der Waals surface area contributed by atoms with E-state index in [-0.39, 0.29) is 11.8 Å². The van der Waals surface area contributed by atoms with Crippen LogP contribution in [-0.2, 0) is 11.3 Å². The van der Waals surface area contributed by atoms with Crippen molar-refractivity contribution in [2.24, 2.45) is 11.0 Å². The number of hydrazone groups is 1. The monoisotopic (exact) mass is 400 g/mol.